The van der Waals surface area contributed by atoms with Crippen LogP contribution in [0.1, 0.15) is 5.56 Å². The summed E-state index contributed by atoms with van der Waals surface area (Å²) in [6.07, 6.45) is 0. The van der Waals surface area contributed by atoms with Crippen molar-refractivity contribution in [3.05, 3.63) is 51.5 Å². The summed E-state index contributed by atoms with van der Waals surface area (Å²) in [6, 6.07) is 10.9. The molecule has 2 rings (SSSR count). The van der Waals surface area contributed by atoms with Gasteiger partial charge in [-0.15, -0.1) is 0 Å². The van der Waals surface area contributed by atoms with Crippen LogP contribution in [0.25, 0.3) is 0 Å². The second-order valence-electron chi connectivity index (χ2n) is 4.72. The molecule has 0 N–H and O–H groups in total. The molecule has 0 heterocycles. The highest BCUT2D eigenvalue weighted by molar-refractivity contribution is 9.10. The van der Waals surface area contributed by atoms with Gasteiger partial charge in [-0.25, -0.2) is 8.51 Å². The van der Waals surface area contributed by atoms with E-state index >= 15 is 0 Å². The van der Waals surface area contributed by atoms with Crippen molar-refractivity contribution in [2.45, 2.75) is 11.8 Å². The summed E-state index contributed by atoms with van der Waals surface area (Å²) >= 11 is 9.47. The molecule has 0 saturated carbocycles. The number of halogens is 2. The summed E-state index contributed by atoms with van der Waals surface area (Å²) in [5.41, 5.74) is 1.03. The second kappa shape index (κ2) is 6.92. The van der Waals surface area contributed by atoms with Gasteiger partial charge in [0.25, 0.3) is 0 Å². The lowest BCUT2D eigenvalue weighted by Gasteiger charge is -2.12. The average Bonchev–Trinajstić information content (AvgIpc) is 2.39. The van der Waals surface area contributed by atoms with E-state index in [-0.39, 0.29) is 0 Å². The van der Waals surface area contributed by atoms with Crippen LogP contribution in [-0.2, 0) is 11.0 Å². The van der Waals surface area contributed by atoms with Crippen molar-refractivity contribution in [3.63, 3.8) is 0 Å². The molecule has 0 saturated heterocycles. The van der Waals surface area contributed by atoms with Crippen LogP contribution < -0.4 is 4.74 Å². The Balaban J connectivity index is 2.27. The number of aryl methyl sites for hydroxylation is 1. The zero-order valence-electron chi connectivity index (χ0n) is 11.9. The van der Waals surface area contributed by atoms with Crippen molar-refractivity contribution >= 4 is 38.5 Å². The molecule has 0 bridgehead atoms. The fourth-order valence-corrected chi connectivity index (χ4v) is 3.49. The number of benzene rings is 2. The molecule has 0 aliphatic rings. The highest BCUT2D eigenvalue weighted by atomic mass is 79.9. The van der Waals surface area contributed by atoms with Gasteiger partial charge < -0.3 is 4.74 Å². The molecule has 0 radical (unpaired) electrons. The van der Waals surface area contributed by atoms with Crippen LogP contribution in [0.5, 0.6) is 11.5 Å². The maximum Gasteiger partial charge on any atom is 0.141 e. The minimum absolute atomic E-state index is 0.631. The smallest absolute Gasteiger partial charge is 0.141 e. The lowest BCUT2D eigenvalue weighted by molar-refractivity contribution is 0.478. The summed E-state index contributed by atoms with van der Waals surface area (Å²) in [6.45, 7) is 1.96. The van der Waals surface area contributed by atoms with E-state index in [9.17, 15) is 4.21 Å². The molecule has 0 aliphatic carbocycles. The average molecular weight is 389 g/mol. The van der Waals surface area contributed by atoms with E-state index in [0.717, 1.165) is 10.0 Å². The molecule has 0 amide bonds. The van der Waals surface area contributed by atoms with Crippen LogP contribution >= 0.6 is 27.5 Å². The highest BCUT2D eigenvalue weighted by Gasteiger charge is 2.11. The minimum Gasteiger partial charge on any atom is -0.456 e. The second-order valence-corrected chi connectivity index (χ2v) is 7.71. The summed E-state index contributed by atoms with van der Waals surface area (Å²) in [5.74, 6) is 1.32. The fourth-order valence-electron chi connectivity index (χ4n) is 1.77. The molecule has 21 heavy (non-hydrogen) atoms. The Hall–Kier alpha value is -0.880. The molecule has 1 unspecified atom stereocenters. The Morgan fingerprint density at radius 1 is 1.19 bits per heavy atom. The third-order valence-corrected chi connectivity index (χ3v) is 4.84. The van der Waals surface area contributed by atoms with Gasteiger partial charge in [0.15, 0.2) is 0 Å². The summed E-state index contributed by atoms with van der Waals surface area (Å²) in [4.78, 5) is 0.710. The number of ether oxygens (including phenoxy) is 1. The van der Waals surface area contributed by atoms with Crippen molar-refractivity contribution in [2.24, 2.45) is 0 Å². The first-order valence-electron chi connectivity index (χ1n) is 6.20. The van der Waals surface area contributed by atoms with Crippen LogP contribution in [0.15, 0.2) is 45.8 Å². The molecule has 0 aliphatic heterocycles. The summed E-state index contributed by atoms with van der Waals surface area (Å²) in [5, 5.41) is 0.631. The fraction of sp³-hybridized carbons (Fsp3) is 0.200. The Morgan fingerprint density at radius 3 is 2.48 bits per heavy atom. The van der Waals surface area contributed by atoms with Gasteiger partial charge in [0.1, 0.15) is 22.5 Å². The molecule has 112 valence electrons. The Labute approximate surface area is 140 Å². The molecular weight excluding hydrogens is 374 g/mol. The van der Waals surface area contributed by atoms with Crippen LogP contribution in [0, 0.1) is 6.92 Å². The maximum absolute atomic E-state index is 12.0. The van der Waals surface area contributed by atoms with Crippen molar-refractivity contribution in [2.75, 3.05) is 14.1 Å². The third kappa shape index (κ3) is 4.30. The third-order valence-electron chi connectivity index (χ3n) is 2.68. The van der Waals surface area contributed by atoms with E-state index in [4.69, 9.17) is 16.3 Å². The molecule has 0 aromatic heterocycles. The van der Waals surface area contributed by atoms with E-state index in [1.165, 1.54) is 0 Å². The maximum atomic E-state index is 12.0. The van der Waals surface area contributed by atoms with E-state index in [1.807, 2.05) is 19.1 Å². The van der Waals surface area contributed by atoms with E-state index < -0.39 is 11.0 Å². The van der Waals surface area contributed by atoms with Crippen molar-refractivity contribution in [1.82, 2.24) is 4.31 Å². The number of nitrogens with zero attached hydrogens (tertiary/aromatic N) is 1. The van der Waals surface area contributed by atoms with Gasteiger partial charge in [-0.05, 0) is 78.9 Å². The molecule has 2 aromatic rings. The van der Waals surface area contributed by atoms with Crippen LogP contribution in [0.4, 0.5) is 0 Å². The van der Waals surface area contributed by atoms with E-state index in [0.29, 0.717) is 21.4 Å². The SMILES string of the molecule is Cc1cc(Cl)cc(Oc2ccc(S(=O)N(C)C)cc2Br)c1. The number of hydrogen-bond donors (Lipinski definition) is 0. The van der Waals surface area contributed by atoms with Gasteiger partial charge in [-0.2, -0.15) is 0 Å². The predicted octanol–water partition coefficient (Wildman–Crippen LogP) is 4.79. The van der Waals surface area contributed by atoms with Crippen LogP contribution in [0.2, 0.25) is 5.02 Å². The topological polar surface area (TPSA) is 29.5 Å². The first-order chi connectivity index (χ1) is 9.86. The van der Waals surface area contributed by atoms with Crippen LogP contribution in [0.3, 0.4) is 0 Å². The standard InChI is InChI=1S/C15H15BrClNO2S/c1-10-6-11(17)8-12(7-10)20-15-5-4-13(9-14(15)16)21(19)18(2)3/h4-9H,1-3H3. The normalized spacial score (nSPS) is 12.5. The van der Waals surface area contributed by atoms with Crippen molar-refractivity contribution < 1.29 is 8.95 Å². The highest BCUT2D eigenvalue weighted by Crippen LogP contribution is 2.33. The van der Waals surface area contributed by atoms with Gasteiger partial charge in [-0.3, -0.25) is 0 Å². The quantitative estimate of drug-likeness (QED) is 0.754. The van der Waals surface area contributed by atoms with Gasteiger partial charge >= 0.3 is 0 Å². The Morgan fingerprint density at radius 2 is 1.90 bits per heavy atom. The number of hydrogen-bond acceptors (Lipinski definition) is 2. The minimum atomic E-state index is -1.18. The van der Waals surface area contributed by atoms with Crippen molar-refractivity contribution in [3.8, 4) is 11.5 Å². The van der Waals surface area contributed by atoms with Gasteiger partial charge in [-0.1, -0.05) is 11.6 Å². The van der Waals surface area contributed by atoms with E-state index in [1.54, 1.807) is 42.7 Å². The Kier molecular flexibility index (Phi) is 5.43. The molecule has 3 nitrogen and oxygen atoms in total. The largest absolute Gasteiger partial charge is 0.456 e. The van der Waals surface area contributed by atoms with Crippen molar-refractivity contribution in [1.29, 1.82) is 0 Å². The van der Waals surface area contributed by atoms with Gasteiger partial charge in [0.05, 0.1) is 9.37 Å². The first kappa shape index (κ1) is 16.5. The zero-order valence-corrected chi connectivity index (χ0v) is 15.1. The monoisotopic (exact) mass is 387 g/mol. The summed E-state index contributed by atoms with van der Waals surface area (Å²) < 4.78 is 20.2. The molecular formula is C15H15BrClNO2S. The number of rotatable bonds is 4. The lowest BCUT2D eigenvalue weighted by Crippen LogP contribution is -2.15. The van der Waals surface area contributed by atoms with E-state index in [2.05, 4.69) is 15.9 Å². The zero-order chi connectivity index (χ0) is 15.6. The Bertz CT molecular complexity index is 671. The molecule has 2 aromatic carbocycles. The molecule has 0 fully saturated rings. The summed E-state index contributed by atoms with van der Waals surface area (Å²) in [7, 11) is 2.35. The first-order valence-corrected chi connectivity index (χ1v) is 8.48. The molecule has 0 spiro atoms. The molecule has 1 atom stereocenters. The van der Waals surface area contributed by atoms with Crippen LogP contribution in [-0.4, -0.2) is 22.6 Å². The molecule has 6 heteroatoms. The lowest BCUT2D eigenvalue weighted by atomic mass is 10.2. The predicted molar refractivity (Wildman–Crippen MR) is 90.5 cm³/mol. The van der Waals surface area contributed by atoms with Gasteiger partial charge in [0.2, 0.25) is 0 Å². The van der Waals surface area contributed by atoms with Gasteiger partial charge in [0, 0.05) is 5.02 Å².